The smallest absolute Gasteiger partial charge is 0.137 e. The number of halogens is 1. The number of rotatable bonds is 10. The summed E-state index contributed by atoms with van der Waals surface area (Å²) >= 11 is 3.31. The van der Waals surface area contributed by atoms with E-state index in [9.17, 15) is 0 Å². The second kappa shape index (κ2) is 10.4. The van der Waals surface area contributed by atoms with Crippen LogP contribution in [0.3, 0.4) is 0 Å². The van der Waals surface area contributed by atoms with E-state index in [1.165, 1.54) is 44.9 Å². The Labute approximate surface area is 119 Å². The Kier molecular flexibility index (Phi) is 8.92. The van der Waals surface area contributed by atoms with E-state index in [0.717, 1.165) is 23.4 Å². The third kappa shape index (κ3) is 7.70. The van der Waals surface area contributed by atoms with Gasteiger partial charge in [0.2, 0.25) is 0 Å². The fourth-order valence-corrected chi connectivity index (χ4v) is 2.11. The lowest BCUT2D eigenvalue weighted by Gasteiger charge is -2.05. The number of ether oxygens (including phenoxy) is 1. The number of unbranched alkanes of at least 4 members (excludes halogenated alkanes) is 7. The number of aromatic nitrogens is 1. The first-order valence-electron chi connectivity index (χ1n) is 7.07. The van der Waals surface area contributed by atoms with Gasteiger partial charge in [-0.2, -0.15) is 0 Å². The highest BCUT2D eigenvalue weighted by Crippen LogP contribution is 2.13. The molecule has 0 aliphatic rings. The van der Waals surface area contributed by atoms with Crippen molar-refractivity contribution in [2.24, 2.45) is 0 Å². The van der Waals surface area contributed by atoms with Crippen LogP contribution < -0.4 is 4.74 Å². The third-order valence-corrected chi connectivity index (χ3v) is 3.44. The average Bonchev–Trinajstić information content (AvgIpc) is 2.39. The maximum atomic E-state index is 5.62. The third-order valence-electron chi connectivity index (χ3n) is 2.97. The predicted octanol–water partition coefficient (Wildman–Crippen LogP) is 5.36. The minimum atomic E-state index is 0.804. The molecule has 0 atom stereocenters. The fourth-order valence-electron chi connectivity index (χ4n) is 1.87. The number of nitrogens with zero attached hydrogens (tertiary/aromatic N) is 1. The summed E-state index contributed by atoms with van der Waals surface area (Å²) < 4.78 is 6.47. The zero-order valence-electron chi connectivity index (χ0n) is 11.3. The molecule has 0 spiro atoms. The quantitative estimate of drug-likeness (QED) is 0.428. The molecule has 0 unspecified atom stereocenters. The first kappa shape index (κ1) is 15.5. The Hall–Kier alpha value is -0.570. The first-order valence-corrected chi connectivity index (χ1v) is 7.86. The summed E-state index contributed by atoms with van der Waals surface area (Å²) in [6.07, 6.45) is 12.4. The molecule has 1 aromatic rings. The van der Waals surface area contributed by atoms with Crippen LogP contribution in [-0.4, -0.2) is 11.6 Å². The van der Waals surface area contributed by atoms with Crippen molar-refractivity contribution in [2.45, 2.75) is 58.3 Å². The van der Waals surface area contributed by atoms with Gasteiger partial charge < -0.3 is 4.74 Å². The van der Waals surface area contributed by atoms with Crippen molar-refractivity contribution in [2.75, 3.05) is 6.61 Å². The minimum absolute atomic E-state index is 0.804. The summed E-state index contributed by atoms with van der Waals surface area (Å²) in [7, 11) is 0. The van der Waals surface area contributed by atoms with Crippen LogP contribution in [0, 0.1) is 0 Å². The minimum Gasteiger partial charge on any atom is -0.492 e. The second-order valence-electron chi connectivity index (χ2n) is 4.64. The van der Waals surface area contributed by atoms with E-state index in [1.54, 1.807) is 6.20 Å². The van der Waals surface area contributed by atoms with Crippen molar-refractivity contribution < 1.29 is 4.74 Å². The molecule has 2 nitrogen and oxygen atoms in total. The normalized spacial score (nSPS) is 10.6. The fraction of sp³-hybridized carbons (Fsp3) is 0.667. The molecule has 0 saturated heterocycles. The molecule has 3 heteroatoms. The van der Waals surface area contributed by atoms with Gasteiger partial charge in [0.15, 0.2) is 0 Å². The standard InChI is InChI=1S/C15H24BrNO/c1-2-3-4-5-6-7-8-9-12-18-14-10-11-15(16)17-13-14/h10-11,13H,2-9,12H2,1H3. The zero-order valence-corrected chi connectivity index (χ0v) is 12.9. The lowest BCUT2D eigenvalue weighted by molar-refractivity contribution is 0.303. The van der Waals surface area contributed by atoms with Crippen LogP contribution in [0.5, 0.6) is 5.75 Å². The van der Waals surface area contributed by atoms with Crippen molar-refractivity contribution >= 4 is 15.9 Å². The van der Waals surface area contributed by atoms with Crippen molar-refractivity contribution in [3.63, 3.8) is 0 Å². The van der Waals surface area contributed by atoms with Gasteiger partial charge in [-0.3, -0.25) is 0 Å². The largest absolute Gasteiger partial charge is 0.492 e. The van der Waals surface area contributed by atoms with Crippen LogP contribution in [0.25, 0.3) is 0 Å². The van der Waals surface area contributed by atoms with Crippen molar-refractivity contribution in [3.05, 3.63) is 22.9 Å². The maximum Gasteiger partial charge on any atom is 0.137 e. The van der Waals surface area contributed by atoms with Crippen LogP contribution in [0.2, 0.25) is 0 Å². The molecule has 0 saturated carbocycles. The number of pyridine rings is 1. The topological polar surface area (TPSA) is 22.1 Å². The summed E-state index contributed by atoms with van der Waals surface area (Å²) in [6, 6.07) is 3.85. The van der Waals surface area contributed by atoms with E-state index in [4.69, 9.17) is 4.74 Å². The molecule has 0 amide bonds. The Balaban J connectivity index is 1.91. The molecular formula is C15H24BrNO. The Morgan fingerprint density at radius 2 is 1.67 bits per heavy atom. The highest BCUT2D eigenvalue weighted by Gasteiger charge is 1.95. The summed E-state index contributed by atoms with van der Waals surface area (Å²) in [5.41, 5.74) is 0. The molecule has 102 valence electrons. The van der Waals surface area contributed by atoms with E-state index < -0.39 is 0 Å². The monoisotopic (exact) mass is 313 g/mol. The van der Waals surface area contributed by atoms with E-state index in [-0.39, 0.29) is 0 Å². The van der Waals surface area contributed by atoms with Crippen molar-refractivity contribution in [1.82, 2.24) is 4.98 Å². The molecule has 0 radical (unpaired) electrons. The van der Waals surface area contributed by atoms with Gasteiger partial charge in [0, 0.05) is 0 Å². The van der Waals surface area contributed by atoms with Gasteiger partial charge in [-0.05, 0) is 34.5 Å². The second-order valence-corrected chi connectivity index (χ2v) is 5.45. The number of hydrogen-bond donors (Lipinski definition) is 0. The van der Waals surface area contributed by atoms with E-state index >= 15 is 0 Å². The van der Waals surface area contributed by atoms with Gasteiger partial charge in [0.05, 0.1) is 12.8 Å². The highest BCUT2D eigenvalue weighted by atomic mass is 79.9. The first-order chi connectivity index (χ1) is 8.83. The average molecular weight is 314 g/mol. The number of hydrogen-bond acceptors (Lipinski definition) is 2. The van der Waals surface area contributed by atoms with Crippen LogP contribution in [-0.2, 0) is 0 Å². The summed E-state index contributed by atoms with van der Waals surface area (Å²) in [6.45, 7) is 3.06. The van der Waals surface area contributed by atoms with Gasteiger partial charge in [0.1, 0.15) is 10.4 Å². The van der Waals surface area contributed by atoms with Crippen LogP contribution >= 0.6 is 15.9 Å². The molecule has 18 heavy (non-hydrogen) atoms. The SMILES string of the molecule is CCCCCCCCCCOc1ccc(Br)nc1. The molecule has 0 aliphatic heterocycles. The molecule has 1 rings (SSSR count). The highest BCUT2D eigenvalue weighted by molar-refractivity contribution is 9.10. The van der Waals surface area contributed by atoms with Gasteiger partial charge in [-0.1, -0.05) is 51.9 Å². The van der Waals surface area contributed by atoms with E-state index in [0.29, 0.717) is 0 Å². The maximum absolute atomic E-state index is 5.62. The molecule has 0 bridgehead atoms. The van der Waals surface area contributed by atoms with Gasteiger partial charge in [-0.15, -0.1) is 0 Å². The van der Waals surface area contributed by atoms with Crippen LogP contribution in [0.4, 0.5) is 0 Å². The molecule has 0 fully saturated rings. The Bertz CT molecular complexity index is 300. The van der Waals surface area contributed by atoms with Gasteiger partial charge >= 0.3 is 0 Å². The summed E-state index contributed by atoms with van der Waals surface area (Å²) in [5.74, 6) is 0.862. The lowest BCUT2D eigenvalue weighted by Crippen LogP contribution is -1.97. The Morgan fingerprint density at radius 3 is 2.28 bits per heavy atom. The molecule has 1 heterocycles. The van der Waals surface area contributed by atoms with Crippen molar-refractivity contribution in [1.29, 1.82) is 0 Å². The summed E-state index contributed by atoms with van der Waals surface area (Å²) in [5, 5.41) is 0. The van der Waals surface area contributed by atoms with Crippen LogP contribution in [0.1, 0.15) is 58.3 Å². The molecule has 1 aromatic heterocycles. The van der Waals surface area contributed by atoms with E-state index in [2.05, 4.69) is 27.8 Å². The predicted molar refractivity (Wildman–Crippen MR) is 80.0 cm³/mol. The van der Waals surface area contributed by atoms with Gasteiger partial charge in [0.25, 0.3) is 0 Å². The Morgan fingerprint density at radius 1 is 1.00 bits per heavy atom. The molecule has 0 aliphatic carbocycles. The zero-order chi connectivity index (χ0) is 13.1. The van der Waals surface area contributed by atoms with E-state index in [1.807, 2.05) is 12.1 Å². The molecular weight excluding hydrogens is 290 g/mol. The summed E-state index contributed by atoms with van der Waals surface area (Å²) in [4.78, 5) is 4.13. The molecule has 0 aromatic carbocycles. The van der Waals surface area contributed by atoms with Crippen LogP contribution in [0.15, 0.2) is 22.9 Å². The lowest BCUT2D eigenvalue weighted by atomic mass is 10.1. The van der Waals surface area contributed by atoms with Gasteiger partial charge in [-0.25, -0.2) is 4.98 Å². The van der Waals surface area contributed by atoms with Crippen molar-refractivity contribution in [3.8, 4) is 5.75 Å². The molecule has 0 N–H and O–H groups in total.